The van der Waals surface area contributed by atoms with Gasteiger partial charge in [-0.1, -0.05) is 18.2 Å². The van der Waals surface area contributed by atoms with E-state index in [1.165, 1.54) is 16.9 Å². The minimum atomic E-state index is 0.799. The molecule has 0 aliphatic rings. The molecule has 0 saturated heterocycles. The fourth-order valence-corrected chi connectivity index (χ4v) is 1.99. The summed E-state index contributed by atoms with van der Waals surface area (Å²) in [5, 5.41) is 1.17. The Morgan fingerprint density at radius 2 is 2.14 bits per heavy atom. The van der Waals surface area contributed by atoms with Crippen molar-refractivity contribution in [1.29, 1.82) is 0 Å². The number of rotatable bonds is 1. The summed E-state index contributed by atoms with van der Waals surface area (Å²) in [5.41, 5.74) is 3.94. The first kappa shape index (κ1) is 7.70. The van der Waals surface area contributed by atoms with E-state index in [0.717, 1.165) is 16.9 Å². The Labute approximate surface area is 84.6 Å². The molecule has 0 atom stereocenters. The molecule has 0 amide bonds. The first-order valence-electron chi connectivity index (χ1n) is 4.28. The number of hydrogen-bond donors (Lipinski definition) is 1. The third-order valence-corrected chi connectivity index (χ3v) is 2.67. The van der Waals surface area contributed by atoms with Crippen LogP contribution in [0.3, 0.4) is 0 Å². The lowest BCUT2D eigenvalue weighted by molar-refractivity contribution is 1.33. The molecule has 3 aromatic rings. The molecular formula is C10H7N3S. The third-order valence-electron chi connectivity index (χ3n) is 2.19. The van der Waals surface area contributed by atoms with Gasteiger partial charge < -0.3 is 4.98 Å². The Balaban J connectivity index is 2.33. The molecule has 3 rings (SSSR count). The minimum Gasteiger partial charge on any atom is -0.360 e. The smallest absolute Gasteiger partial charge is 0.174 e. The standard InChI is InChI=1S/C10H7N3S/c1-2-4-9-7(3-1)8(5-11-9)10-12-6-14-13-10/h1-6,11H. The summed E-state index contributed by atoms with van der Waals surface area (Å²) < 4.78 is 4.22. The van der Waals surface area contributed by atoms with Crippen molar-refractivity contribution in [3.05, 3.63) is 36.0 Å². The Hall–Kier alpha value is -1.68. The van der Waals surface area contributed by atoms with Crippen LogP contribution in [0.15, 0.2) is 36.0 Å². The zero-order valence-electron chi connectivity index (χ0n) is 7.27. The molecule has 0 fully saturated rings. The number of fused-ring (bicyclic) bond motifs is 1. The van der Waals surface area contributed by atoms with Crippen LogP contribution in [-0.4, -0.2) is 14.3 Å². The number of benzene rings is 1. The average Bonchev–Trinajstić information content (AvgIpc) is 2.85. The molecule has 0 radical (unpaired) electrons. The number of aromatic nitrogens is 3. The zero-order chi connectivity index (χ0) is 9.38. The maximum absolute atomic E-state index is 4.22. The summed E-state index contributed by atoms with van der Waals surface area (Å²) in [4.78, 5) is 7.40. The molecule has 0 saturated carbocycles. The van der Waals surface area contributed by atoms with E-state index in [1.54, 1.807) is 5.51 Å². The van der Waals surface area contributed by atoms with Gasteiger partial charge in [0.25, 0.3) is 0 Å². The van der Waals surface area contributed by atoms with Crippen LogP contribution in [0.25, 0.3) is 22.3 Å². The lowest BCUT2D eigenvalue weighted by Gasteiger charge is -1.91. The highest BCUT2D eigenvalue weighted by Crippen LogP contribution is 2.25. The number of para-hydroxylation sites is 1. The van der Waals surface area contributed by atoms with Crippen LogP contribution in [0, 0.1) is 0 Å². The molecule has 0 spiro atoms. The van der Waals surface area contributed by atoms with Crippen LogP contribution < -0.4 is 0 Å². The molecule has 2 aromatic heterocycles. The molecule has 1 N–H and O–H groups in total. The Bertz CT molecular complexity index is 554. The van der Waals surface area contributed by atoms with Crippen LogP contribution in [0.4, 0.5) is 0 Å². The van der Waals surface area contributed by atoms with Crippen LogP contribution in [0.5, 0.6) is 0 Å². The summed E-state index contributed by atoms with van der Waals surface area (Å²) in [7, 11) is 0. The highest BCUT2D eigenvalue weighted by atomic mass is 32.1. The molecule has 1 aromatic carbocycles. The number of nitrogens with one attached hydrogen (secondary N) is 1. The lowest BCUT2D eigenvalue weighted by atomic mass is 10.2. The van der Waals surface area contributed by atoms with Gasteiger partial charge in [0.15, 0.2) is 5.82 Å². The van der Waals surface area contributed by atoms with Gasteiger partial charge in [0.2, 0.25) is 0 Å². The highest BCUT2D eigenvalue weighted by Gasteiger charge is 2.07. The largest absolute Gasteiger partial charge is 0.360 e. The highest BCUT2D eigenvalue weighted by molar-refractivity contribution is 7.03. The molecule has 68 valence electrons. The monoisotopic (exact) mass is 201 g/mol. The van der Waals surface area contributed by atoms with Crippen molar-refractivity contribution in [2.75, 3.05) is 0 Å². The first-order valence-corrected chi connectivity index (χ1v) is 5.11. The topological polar surface area (TPSA) is 41.6 Å². The molecule has 4 heteroatoms. The predicted molar refractivity (Wildman–Crippen MR) is 57.2 cm³/mol. The van der Waals surface area contributed by atoms with Crippen LogP contribution in [0.2, 0.25) is 0 Å². The third kappa shape index (κ3) is 1.04. The average molecular weight is 201 g/mol. The normalized spacial score (nSPS) is 10.9. The summed E-state index contributed by atoms with van der Waals surface area (Å²) in [6.45, 7) is 0. The summed E-state index contributed by atoms with van der Waals surface area (Å²) in [6.07, 6.45) is 1.95. The van der Waals surface area contributed by atoms with E-state index in [4.69, 9.17) is 0 Å². The first-order chi connectivity index (χ1) is 6.95. The summed E-state index contributed by atoms with van der Waals surface area (Å²) in [5.74, 6) is 0.799. The van der Waals surface area contributed by atoms with Crippen molar-refractivity contribution in [3.8, 4) is 11.4 Å². The molecule has 0 aliphatic heterocycles. The molecule has 2 heterocycles. The maximum atomic E-state index is 4.22. The second kappa shape index (κ2) is 2.92. The van der Waals surface area contributed by atoms with Crippen LogP contribution >= 0.6 is 11.5 Å². The van der Waals surface area contributed by atoms with E-state index < -0.39 is 0 Å². The van der Waals surface area contributed by atoms with Gasteiger partial charge in [-0.05, 0) is 17.6 Å². The van der Waals surface area contributed by atoms with Gasteiger partial charge in [0.1, 0.15) is 5.51 Å². The number of nitrogens with zero attached hydrogens (tertiary/aromatic N) is 2. The second-order valence-electron chi connectivity index (χ2n) is 3.00. The van der Waals surface area contributed by atoms with E-state index in [0.29, 0.717) is 0 Å². The summed E-state index contributed by atoms with van der Waals surface area (Å²) >= 11 is 1.37. The molecule has 14 heavy (non-hydrogen) atoms. The second-order valence-corrected chi connectivity index (χ2v) is 3.61. The Kier molecular flexibility index (Phi) is 1.61. The van der Waals surface area contributed by atoms with E-state index in [1.807, 2.05) is 24.4 Å². The fourth-order valence-electron chi connectivity index (χ4n) is 1.55. The van der Waals surface area contributed by atoms with E-state index in [2.05, 4.69) is 20.4 Å². The van der Waals surface area contributed by atoms with Crippen LogP contribution in [0.1, 0.15) is 0 Å². The SMILES string of the molecule is c1ccc2c(-c3ncsn3)c[nH]c2c1. The van der Waals surface area contributed by atoms with Crippen molar-refractivity contribution in [1.82, 2.24) is 14.3 Å². The Morgan fingerprint density at radius 1 is 1.21 bits per heavy atom. The van der Waals surface area contributed by atoms with Crippen molar-refractivity contribution in [2.45, 2.75) is 0 Å². The van der Waals surface area contributed by atoms with Crippen molar-refractivity contribution < 1.29 is 0 Å². The fraction of sp³-hybridized carbons (Fsp3) is 0. The van der Waals surface area contributed by atoms with Crippen molar-refractivity contribution in [3.63, 3.8) is 0 Å². The van der Waals surface area contributed by atoms with Crippen molar-refractivity contribution >= 4 is 22.4 Å². The van der Waals surface area contributed by atoms with Gasteiger partial charge in [0, 0.05) is 22.7 Å². The number of H-pyrrole nitrogens is 1. The van der Waals surface area contributed by atoms with Gasteiger partial charge in [0.05, 0.1) is 0 Å². The van der Waals surface area contributed by atoms with Gasteiger partial charge in [-0.3, -0.25) is 0 Å². The molecule has 0 unspecified atom stereocenters. The van der Waals surface area contributed by atoms with E-state index in [-0.39, 0.29) is 0 Å². The van der Waals surface area contributed by atoms with Gasteiger partial charge in [-0.25, -0.2) is 4.98 Å². The quantitative estimate of drug-likeness (QED) is 0.657. The number of hydrogen-bond acceptors (Lipinski definition) is 3. The Morgan fingerprint density at radius 3 is 3.00 bits per heavy atom. The zero-order valence-corrected chi connectivity index (χ0v) is 8.08. The summed E-state index contributed by atoms with van der Waals surface area (Å²) in [6, 6.07) is 8.15. The van der Waals surface area contributed by atoms with Crippen molar-refractivity contribution in [2.24, 2.45) is 0 Å². The minimum absolute atomic E-state index is 0.799. The van der Waals surface area contributed by atoms with Gasteiger partial charge in [-0.15, -0.1) is 0 Å². The number of aromatic amines is 1. The predicted octanol–water partition coefficient (Wildman–Crippen LogP) is 2.69. The molecular weight excluding hydrogens is 194 g/mol. The van der Waals surface area contributed by atoms with E-state index in [9.17, 15) is 0 Å². The molecule has 0 bridgehead atoms. The van der Waals surface area contributed by atoms with Gasteiger partial charge in [-0.2, -0.15) is 4.37 Å². The molecule has 3 nitrogen and oxygen atoms in total. The van der Waals surface area contributed by atoms with E-state index >= 15 is 0 Å². The molecule has 0 aliphatic carbocycles. The van der Waals surface area contributed by atoms with Crippen LogP contribution in [-0.2, 0) is 0 Å². The lowest BCUT2D eigenvalue weighted by Crippen LogP contribution is -1.76. The van der Waals surface area contributed by atoms with Gasteiger partial charge >= 0.3 is 0 Å². The maximum Gasteiger partial charge on any atom is 0.174 e.